The van der Waals surface area contributed by atoms with E-state index in [1.165, 1.54) is 51.5 Å². The molecule has 2 aromatic carbocycles. The van der Waals surface area contributed by atoms with Crippen LogP contribution in [-0.4, -0.2) is 132 Å². The average Bonchev–Trinajstić information content (AvgIpc) is 3.10. The number of methoxy groups -OCH3 is 2. The van der Waals surface area contributed by atoms with Gasteiger partial charge in [-0.25, -0.2) is 4.79 Å². The number of hydrogen-bond donors (Lipinski definition) is 5. The zero-order valence-corrected chi connectivity index (χ0v) is 29.1. The number of aliphatic hydroxyl groups is 3. The highest BCUT2D eigenvalue weighted by atomic mass is 16.8. The summed E-state index contributed by atoms with van der Waals surface area (Å²) in [5, 5.41) is 52.6. The molecule has 2 fully saturated rings. The van der Waals surface area contributed by atoms with Gasteiger partial charge in [0.25, 0.3) is 0 Å². The molecule has 52 heavy (non-hydrogen) atoms. The zero-order valence-electron chi connectivity index (χ0n) is 29.1. The van der Waals surface area contributed by atoms with Crippen molar-refractivity contribution in [2.45, 2.75) is 88.6 Å². The molecule has 0 saturated carbocycles. The molecule has 0 bridgehead atoms. The fraction of sp³-hybridized carbons (Fsp3) is 0.514. The largest absolute Gasteiger partial charge is 0.504 e. The molecule has 2 aliphatic heterocycles. The minimum atomic E-state index is -1.74. The van der Waals surface area contributed by atoms with Crippen LogP contribution in [0.5, 0.6) is 23.0 Å². The smallest absolute Gasteiger partial charge is 0.331 e. The summed E-state index contributed by atoms with van der Waals surface area (Å²) >= 11 is 0. The Bertz CT molecular complexity index is 1560. The fourth-order valence-corrected chi connectivity index (χ4v) is 5.68. The maximum Gasteiger partial charge on any atom is 0.331 e. The molecule has 5 N–H and O–H groups in total. The number of aromatic hydroxyl groups is 2. The van der Waals surface area contributed by atoms with Gasteiger partial charge in [-0.05, 0) is 54.8 Å². The fourth-order valence-electron chi connectivity index (χ4n) is 5.68. The first-order valence-electron chi connectivity index (χ1n) is 16.3. The van der Waals surface area contributed by atoms with Crippen LogP contribution in [0.15, 0.2) is 42.5 Å². The molecule has 0 aliphatic carbocycles. The SMILES string of the molecule is COc1cc(C=CC(=O)O[C@H]2[C@H](O[C@@H]3O[C@@H](C)[C@H](O)[C@@H](OC(C)=O)[C@H]3OC(C)=O)[C@@H](O)[C@H](OCCc3ccc(O)c(OC)c3)O[C@@H]2CO)ccc1O. The quantitative estimate of drug-likeness (QED) is 0.102. The number of hydrogen-bond acceptors (Lipinski definition) is 17. The molecule has 2 aromatic rings. The Kier molecular flexibility index (Phi) is 14.2. The lowest BCUT2D eigenvalue weighted by molar-refractivity contribution is -0.358. The Morgan fingerprint density at radius 2 is 1.42 bits per heavy atom. The molecule has 0 aromatic heterocycles. The van der Waals surface area contributed by atoms with Gasteiger partial charge in [-0.1, -0.05) is 12.1 Å². The minimum absolute atomic E-state index is 0.0441. The third kappa shape index (κ3) is 10.1. The monoisotopic (exact) mass is 736 g/mol. The van der Waals surface area contributed by atoms with E-state index in [2.05, 4.69) is 0 Å². The van der Waals surface area contributed by atoms with E-state index in [1.54, 1.807) is 12.1 Å². The third-order valence-corrected chi connectivity index (χ3v) is 8.23. The van der Waals surface area contributed by atoms with Gasteiger partial charge < -0.3 is 68.2 Å². The highest BCUT2D eigenvalue weighted by Crippen LogP contribution is 2.34. The molecule has 17 nitrogen and oxygen atoms in total. The Balaban J connectivity index is 1.62. The number of phenolic OH excluding ortho intramolecular Hbond substituents is 2. The number of rotatable bonds is 14. The molecule has 0 unspecified atom stereocenters. The van der Waals surface area contributed by atoms with E-state index < -0.39 is 85.9 Å². The number of benzene rings is 2. The highest BCUT2D eigenvalue weighted by Gasteiger charge is 2.54. The molecule has 17 heteroatoms. The standard InChI is InChI=1S/C35H44O17/c1-17-28(42)31(48-18(2)37)33(49-19(3)38)35(47-17)52-32-29(43)34(46-13-12-21-7-10-23(40)25(15-21)45-5)50-26(16-36)30(32)51-27(41)11-8-20-6-9-22(39)24(14-20)44-4/h6-11,14-15,17,26,28-36,39-40,42-43H,12-13,16H2,1-5H3/t17-,26+,28-,29+,30+,31+,32+,33+,34+,35-/m0/s1. The summed E-state index contributed by atoms with van der Waals surface area (Å²) in [6.07, 6.45) is -12.1. The van der Waals surface area contributed by atoms with E-state index in [-0.39, 0.29) is 36.0 Å². The number of phenols is 2. The number of esters is 3. The van der Waals surface area contributed by atoms with Gasteiger partial charge in [0.1, 0.15) is 24.4 Å². The van der Waals surface area contributed by atoms with Gasteiger partial charge in [0.05, 0.1) is 33.5 Å². The summed E-state index contributed by atoms with van der Waals surface area (Å²) in [7, 11) is 2.76. The van der Waals surface area contributed by atoms with Crippen LogP contribution in [0.2, 0.25) is 0 Å². The van der Waals surface area contributed by atoms with Gasteiger partial charge >= 0.3 is 17.9 Å². The van der Waals surface area contributed by atoms with Gasteiger partial charge in [-0.15, -0.1) is 0 Å². The third-order valence-electron chi connectivity index (χ3n) is 8.23. The van der Waals surface area contributed by atoms with Crippen LogP contribution in [0.25, 0.3) is 6.08 Å². The Hall–Kier alpha value is -4.49. The second kappa shape index (κ2) is 18.3. The molecule has 286 valence electrons. The van der Waals surface area contributed by atoms with E-state index in [0.29, 0.717) is 11.1 Å². The molecule has 0 radical (unpaired) electrons. The topological polar surface area (TPSA) is 235 Å². The molecule has 10 atom stereocenters. The van der Waals surface area contributed by atoms with Crippen molar-refractivity contribution in [1.82, 2.24) is 0 Å². The van der Waals surface area contributed by atoms with Gasteiger partial charge in [-0.2, -0.15) is 0 Å². The van der Waals surface area contributed by atoms with Crippen LogP contribution in [0.4, 0.5) is 0 Å². The normalized spacial score (nSPS) is 28.9. The summed E-state index contributed by atoms with van der Waals surface area (Å²) in [4.78, 5) is 37.3. The van der Waals surface area contributed by atoms with E-state index >= 15 is 0 Å². The van der Waals surface area contributed by atoms with E-state index in [9.17, 15) is 39.9 Å². The Labute approximate surface area is 299 Å². The molecule has 0 spiro atoms. The number of carbonyl (C=O) groups excluding carboxylic acids is 3. The maximum atomic E-state index is 13.2. The average molecular weight is 737 g/mol. The van der Waals surface area contributed by atoms with E-state index in [1.807, 2.05) is 0 Å². The number of carbonyl (C=O) groups is 3. The summed E-state index contributed by atoms with van der Waals surface area (Å²) in [5.74, 6) is -2.37. The zero-order chi connectivity index (χ0) is 38.1. The van der Waals surface area contributed by atoms with Crippen molar-refractivity contribution in [3.8, 4) is 23.0 Å². The Morgan fingerprint density at radius 3 is 2.06 bits per heavy atom. The lowest BCUT2D eigenvalue weighted by Crippen LogP contribution is -2.65. The molecule has 2 heterocycles. The van der Waals surface area contributed by atoms with Crippen LogP contribution >= 0.6 is 0 Å². The number of aliphatic hydroxyl groups excluding tert-OH is 3. The van der Waals surface area contributed by atoms with Crippen molar-refractivity contribution in [3.05, 3.63) is 53.6 Å². The van der Waals surface area contributed by atoms with Gasteiger partial charge in [0, 0.05) is 19.9 Å². The van der Waals surface area contributed by atoms with Gasteiger partial charge in [0.2, 0.25) is 0 Å². The van der Waals surface area contributed by atoms with E-state index in [0.717, 1.165) is 19.9 Å². The van der Waals surface area contributed by atoms with Crippen LogP contribution in [-0.2, 0) is 54.0 Å². The second-order valence-electron chi connectivity index (χ2n) is 12.0. The predicted octanol–water partition coefficient (Wildman–Crippen LogP) is 0.732. The van der Waals surface area contributed by atoms with Gasteiger partial charge in [-0.3, -0.25) is 9.59 Å². The Morgan fingerprint density at radius 1 is 0.788 bits per heavy atom. The summed E-state index contributed by atoms with van der Waals surface area (Å²) in [5.41, 5.74) is 1.17. The van der Waals surface area contributed by atoms with Crippen molar-refractivity contribution < 1.29 is 82.5 Å². The molecule has 2 aliphatic rings. The van der Waals surface area contributed by atoms with Crippen LogP contribution in [0.3, 0.4) is 0 Å². The molecular formula is C35H44O17. The second-order valence-corrected chi connectivity index (χ2v) is 12.0. The molecule has 2 saturated heterocycles. The van der Waals surface area contributed by atoms with Crippen molar-refractivity contribution in [2.24, 2.45) is 0 Å². The number of ether oxygens (including phenoxy) is 9. The van der Waals surface area contributed by atoms with E-state index in [4.69, 9.17) is 42.6 Å². The molecule has 4 rings (SSSR count). The van der Waals surface area contributed by atoms with Crippen LogP contribution < -0.4 is 9.47 Å². The van der Waals surface area contributed by atoms with Crippen molar-refractivity contribution in [2.75, 3.05) is 27.4 Å². The van der Waals surface area contributed by atoms with Gasteiger partial charge in [0.15, 0.2) is 53.9 Å². The first kappa shape index (κ1) is 40.3. The lowest BCUT2D eigenvalue weighted by atomic mass is 9.96. The summed E-state index contributed by atoms with van der Waals surface area (Å²) < 4.78 is 50.2. The molecular weight excluding hydrogens is 692 g/mol. The summed E-state index contributed by atoms with van der Waals surface area (Å²) in [6.45, 7) is 2.82. The van der Waals surface area contributed by atoms with Crippen LogP contribution in [0, 0.1) is 0 Å². The van der Waals surface area contributed by atoms with Crippen molar-refractivity contribution in [3.63, 3.8) is 0 Å². The summed E-state index contributed by atoms with van der Waals surface area (Å²) in [6, 6.07) is 9.03. The van der Waals surface area contributed by atoms with Crippen LogP contribution in [0.1, 0.15) is 31.9 Å². The lowest BCUT2D eigenvalue weighted by Gasteiger charge is -2.47. The first-order chi connectivity index (χ1) is 24.8. The molecule has 0 amide bonds. The van der Waals surface area contributed by atoms with Crippen molar-refractivity contribution >= 4 is 24.0 Å². The highest BCUT2D eigenvalue weighted by molar-refractivity contribution is 5.87. The predicted molar refractivity (Wildman–Crippen MR) is 176 cm³/mol. The minimum Gasteiger partial charge on any atom is -0.504 e. The van der Waals surface area contributed by atoms with Crippen molar-refractivity contribution in [1.29, 1.82) is 0 Å². The first-order valence-corrected chi connectivity index (χ1v) is 16.3. The maximum absolute atomic E-state index is 13.2.